The number of likely N-dealkylation sites (tertiary alicyclic amines) is 1. The van der Waals surface area contributed by atoms with E-state index in [1.54, 1.807) is 12.1 Å². The van der Waals surface area contributed by atoms with E-state index in [2.05, 4.69) is 23.6 Å². The molecular weight excluding hydrogens is 276 g/mol. The molecule has 0 amide bonds. The van der Waals surface area contributed by atoms with E-state index in [0.29, 0.717) is 5.56 Å². The monoisotopic (exact) mass is 304 g/mol. The minimum Gasteiger partial charge on any atom is -0.478 e. The second-order valence-electron chi connectivity index (χ2n) is 6.21. The summed E-state index contributed by atoms with van der Waals surface area (Å²) in [5.74, 6) is -0.0331. The predicted molar refractivity (Wildman–Crippen MR) is 89.2 cm³/mol. The van der Waals surface area contributed by atoms with Crippen LogP contribution in [0.1, 0.15) is 42.6 Å². The van der Waals surface area contributed by atoms with Gasteiger partial charge in [0.25, 0.3) is 0 Å². The predicted octanol–water partition coefficient (Wildman–Crippen LogP) is 2.94. The molecule has 1 aromatic rings. The average Bonchev–Trinajstić information content (AvgIpc) is 2.54. The highest BCUT2D eigenvalue weighted by Gasteiger charge is 2.20. The van der Waals surface area contributed by atoms with Crippen molar-refractivity contribution in [2.75, 3.05) is 32.7 Å². The van der Waals surface area contributed by atoms with Crippen molar-refractivity contribution >= 4 is 5.97 Å². The fourth-order valence-corrected chi connectivity index (χ4v) is 3.19. The molecule has 1 N–H and O–H groups in total. The van der Waals surface area contributed by atoms with Gasteiger partial charge in [-0.1, -0.05) is 26.0 Å². The van der Waals surface area contributed by atoms with Crippen LogP contribution < -0.4 is 0 Å². The quantitative estimate of drug-likeness (QED) is 0.841. The smallest absolute Gasteiger partial charge is 0.335 e. The Morgan fingerprint density at radius 3 is 2.27 bits per heavy atom. The lowest BCUT2D eigenvalue weighted by molar-refractivity contribution is 0.0697. The molecule has 0 spiro atoms. The van der Waals surface area contributed by atoms with E-state index in [0.717, 1.165) is 38.6 Å². The van der Waals surface area contributed by atoms with E-state index in [1.807, 2.05) is 12.1 Å². The third-order valence-corrected chi connectivity index (χ3v) is 4.73. The maximum absolute atomic E-state index is 10.9. The summed E-state index contributed by atoms with van der Waals surface area (Å²) in [5.41, 5.74) is 1.56. The number of carbonyl (C=O) groups is 1. The SMILES string of the molecule is CCN(CC)CC1CCN(Cc2ccc(C(=O)O)cc2)CC1. The molecule has 1 aromatic carbocycles. The van der Waals surface area contributed by atoms with Gasteiger partial charge in [-0.2, -0.15) is 0 Å². The largest absolute Gasteiger partial charge is 0.478 e. The minimum atomic E-state index is -0.858. The van der Waals surface area contributed by atoms with Crippen LogP contribution in [-0.2, 0) is 6.54 Å². The first-order chi connectivity index (χ1) is 10.6. The molecule has 0 bridgehead atoms. The molecule has 2 rings (SSSR count). The number of rotatable bonds is 7. The van der Waals surface area contributed by atoms with Gasteiger partial charge in [0, 0.05) is 13.1 Å². The van der Waals surface area contributed by atoms with Gasteiger partial charge in [-0.05, 0) is 62.6 Å². The number of aromatic carboxylic acids is 1. The molecule has 4 nitrogen and oxygen atoms in total. The van der Waals surface area contributed by atoms with Crippen LogP contribution >= 0.6 is 0 Å². The zero-order valence-corrected chi connectivity index (χ0v) is 13.8. The lowest BCUT2D eigenvalue weighted by Gasteiger charge is -2.34. The van der Waals surface area contributed by atoms with Crippen LogP contribution in [0.3, 0.4) is 0 Å². The van der Waals surface area contributed by atoms with Crippen LogP contribution in [0.15, 0.2) is 24.3 Å². The van der Waals surface area contributed by atoms with Crippen molar-refractivity contribution in [1.29, 1.82) is 0 Å². The molecule has 1 aliphatic heterocycles. The van der Waals surface area contributed by atoms with Gasteiger partial charge in [0.15, 0.2) is 0 Å². The summed E-state index contributed by atoms with van der Waals surface area (Å²) >= 11 is 0. The van der Waals surface area contributed by atoms with E-state index in [1.165, 1.54) is 24.9 Å². The van der Waals surface area contributed by atoms with Gasteiger partial charge in [0.05, 0.1) is 5.56 Å². The molecule has 1 aliphatic rings. The molecule has 4 heteroatoms. The molecule has 0 unspecified atom stereocenters. The number of carboxylic acid groups (broad SMARTS) is 1. The molecular formula is C18H28N2O2. The lowest BCUT2D eigenvalue weighted by Crippen LogP contribution is -2.38. The summed E-state index contributed by atoms with van der Waals surface area (Å²) < 4.78 is 0. The van der Waals surface area contributed by atoms with E-state index >= 15 is 0 Å². The molecule has 1 saturated heterocycles. The lowest BCUT2D eigenvalue weighted by atomic mass is 9.95. The first kappa shape index (κ1) is 17.0. The van der Waals surface area contributed by atoms with E-state index < -0.39 is 5.97 Å². The van der Waals surface area contributed by atoms with Crippen LogP contribution in [0.5, 0.6) is 0 Å². The summed E-state index contributed by atoms with van der Waals surface area (Å²) in [5, 5.41) is 8.92. The maximum Gasteiger partial charge on any atom is 0.335 e. The zero-order valence-electron chi connectivity index (χ0n) is 13.8. The molecule has 122 valence electrons. The second-order valence-corrected chi connectivity index (χ2v) is 6.21. The van der Waals surface area contributed by atoms with Gasteiger partial charge < -0.3 is 10.0 Å². The third kappa shape index (κ3) is 4.82. The van der Waals surface area contributed by atoms with Gasteiger partial charge in [0.2, 0.25) is 0 Å². The molecule has 0 aromatic heterocycles. The summed E-state index contributed by atoms with van der Waals surface area (Å²) in [6.07, 6.45) is 2.54. The Labute approximate surface area is 133 Å². The number of piperidine rings is 1. The molecule has 22 heavy (non-hydrogen) atoms. The van der Waals surface area contributed by atoms with Crippen molar-refractivity contribution in [3.8, 4) is 0 Å². The number of benzene rings is 1. The maximum atomic E-state index is 10.9. The summed E-state index contributed by atoms with van der Waals surface area (Å²) in [4.78, 5) is 15.9. The summed E-state index contributed by atoms with van der Waals surface area (Å²) in [6.45, 7) is 11.2. The molecule has 1 heterocycles. The topological polar surface area (TPSA) is 43.8 Å². The van der Waals surface area contributed by atoms with E-state index in [-0.39, 0.29) is 0 Å². The van der Waals surface area contributed by atoms with Gasteiger partial charge in [-0.15, -0.1) is 0 Å². The van der Waals surface area contributed by atoms with Gasteiger partial charge in [0.1, 0.15) is 0 Å². The minimum absolute atomic E-state index is 0.363. The highest BCUT2D eigenvalue weighted by atomic mass is 16.4. The highest BCUT2D eigenvalue weighted by molar-refractivity contribution is 5.87. The Kier molecular flexibility index (Phi) is 6.40. The van der Waals surface area contributed by atoms with Crippen molar-refractivity contribution in [3.63, 3.8) is 0 Å². The van der Waals surface area contributed by atoms with Crippen LogP contribution in [0, 0.1) is 5.92 Å². The Balaban J connectivity index is 1.78. The third-order valence-electron chi connectivity index (χ3n) is 4.73. The standard InChI is InChI=1S/C18H28N2O2/c1-3-19(4-2)13-16-9-11-20(12-10-16)14-15-5-7-17(8-6-15)18(21)22/h5-8,16H,3-4,9-14H2,1-2H3,(H,21,22). The van der Waals surface area contributed by atoms with Crippen molar-refractivity contribution in [2.24, 2.45) is 5.92 Å². The Bertz CT molecular complexity index is 460. The van der Waals surface area contributed by atoms with Gasteiger partial charge in [-0.3, -0.25) is 4.90 Å². The first-order valence-corrected chi connectivity index (χ1v) is 8.39. The normalized spacial score (nSPS) is 17.0. The van der Waals surface area contributed by atoms with Crippen molar-refractivity contribution in [1.82, 2.24) is 9.80 Å². The van der Waals surface area contributed by atoms with Gasteiger partial charge >= 0.3 is 5.97 Å². The number of hydrogen-bond donors (Lipinski definition) is 1. The summed E-state index contributed by atoms with van der Waals surface area (Å²) in [6, 6.07) is 7.27. The van der Waals surface area contributed by atoms with Crippen LogP contribution in [-0.4, -0.2) is 53.6 Å². The van der Waals surface area contributed by atoms with Crippen molar-refractivity contribution < 1.29 is 9.90 Å². The number of nitrogens with zero attached hydrogens (tertiary/aromatic N) is 2. The molecule has 0 radical (unpaired) electrons. The Morgan fingerprint density at radius 1 is 1.18 bits per heavy atom. The Hall–Kier alpha value is -1.39. The molecule has 0 aliphatic carbocycles. The number of carboxylic acids is 1. The van der Waals surface area contributed by atoms with E-state index in [9.17, 15) is 4.79 Å². The van der Waals surface area contributed by atoms with E-state index in [4.69, 9.17) is 5.11 Å². The Morgan fingerprint density at radius 2 is 1.77 bits per heavy atom. The fraction of sp³-hybridized carbons (Fsp3) is 0.611. The fourth-order valence-electron chi connectivity index (χ4n) is 3.19. The zero-order chi connectivity index (χ0) is 15.9. The highest BCUT2D eigenvalue weighted by Crippen LogP contribution is 2.20. The summed E-state index contributed by atoms with van der Waals surface area (Å²) in [7, 11) is 0. The van der Waals surface area contributed by atoms with Crippen LogP contribution in [0.25, 0.3) is 0 Å². The van der Waals surface area contributed by atoms with Crippen molar-refractivity contribution in [3.05, 3.63) is 35.4 Å². The molecule has 0 atom stereocenters. The van der Waals surface area contributed by atoms with Crippen LogP contribution in [0.4, 0.5) is 0 Å². The second kappa shape index (κ2) is 8.30. The number of hydrogen-bond acceptors (Lipinski definition) is 3. The molecule has 1 fully saturated rings. The first-order valence-electron chi connectivity index (χ1n) is 8.39. The van der Waals surface area contributed by atoms with Crippen LogP contribution in [0.2, 0.25) is 0 Å². The van der Waals surface area contributed by atoms with Crippen molar-refractivity contribution in [2.45, 2.75) is 33.2 Å². The molecule has 0 saturated carbocycles. The van der Waals surface area contributed by atoms with Gasteiger partial charge in [-0.25, -0.2) is 4.79 Å². The average molecular weight is 304 g/mol.